The van der Waals surface area contributed by atoms with Gasteiger partial charge in [0.25, 0.3) is 0 Å². The first kappa shape index (κ1) is 14.0. The maximum Gasteiger partial charge on any atom is 0.0950 e. The van der Waals surface area contributed by atoms with Crippen LogP contribution in [0.25, 0.3) is 5.69 Å². The zero-order chi connectivity index (χ0) is 14.8. The molecule has 108 valence electrons. The highest BCUT2D eigenvalue weighted by Gasteiger charge is 2.14. The van der Waals surface area contributed by atoms with Crippen LogP contribution in [0.4, 0.5) is 0 Å². The van der Waals surface area contributed by atoms with Gasteiger partial charge in [-0.25, -0.2) is 9.67 Å². The Hall–Kier alpha value is -1.98. The number of nitrogens with two attached hydrogens (primary N) is 1. The lowest BCUT2D eigenvalue weighted by Crippen LogP contribution is -2.14. The Balaban J connectivity index is 1.76. The van der Waals surface area contributed by atoms with E-state index in [1.807, 2.05) is 54.2 Å². The molecule has 21 heavy (non-hydrogen) atoms. The van der Waals surface area contributed by atoms with Crippen molar-refractivity contribution in [2.24, 2.45) is 5.73 Å². The van der Waals surface area contributed by atoms with E-state index in [-0.39, 0.29) is 6.04 Å². The number of thiazole rings is 1. The largest absolute Gasteiger partial charge is 0.322 e. The predicted molar refractivity (Wildman–Crippen MR) is 85.8 cm³/mol. The lowest BCUT2D eigenvalue weighted by atomic mass is 10.1. The Morgan fingerprint density at radius 2 is 1.95 bits per heavy atom. The second-order valence-electron chi connectivity index (χ2n) is 5.08. The summed E-state index contributed by atoms with van der Waals surface area (Å²) in [5, 5.41) is 5.65. The Morgan fingerprint density at radius 1 is 1.19 bits per heavy atom. The van der Waals surface area contributed by atoms with Crippen LogP contribution in [0, 0.1) is 13.8 Å². The molecule has 2 N–H and O–H groups in total. The fourth-order valence-electron chi connectivity index (χ4n) is 2.18. The second kappa shape index (κ2) is 5.79. The molecule has 3 aromatic rings. The van der Waals surface area contributed by atoms with Crippen LogP contribution < -0.4 is 5.73 Å². The molecule has 0 saturated carbocycles. The maximum atomic E-state index is 6.27. The van der Waals surface area contributed by atoms with Gasteiger partial charge in [-0.15, -0.1) is 11.3 Å². The monoisotopic (exact) mass is 298 g/mol. The third kappa shape index (κ3) is 3.04. The molecule has 0 aliphatic rings. The summed E-state index contributed by atoms with van der Waals surface area (Å²) < 4.78 is 1.85. The average Bonchev–Trinajstić information content (AvgIpc) is 3.08. The summed E-state index contributed by atoms with van der Waals surface area (Å²) in [4.78, 5) is 5.80. The highest BCUT2D eigenvalue weighted by molar-refractivity contribution is 7.11. The van der Waals surface area contributed by atoms with Crippen molar-refractivity contribution >= 4 is 11.3 Å². The van der Waals surface area contributed by atoms with E-state index in [1.54, 1.807) is 11.3 Å². The Labute approximate surface area is 128 Å². The van der Waals surface area contributed by atoms with E-state index >= 15 is 0 Å². The van der Waals surface area contributed by atoms with E-state index in [0.29, 0.717) is 0 Å². The molecular formula is C16H18N4S. The van der Waals surface area contributed by atoms with Crippen molar-refractivity contribution in [3.05, 3.63) is 63.9 Å². The maximum absolute atomic E-state index is 6.27. The molecule has 1 aromatic carbocycles. The second-order valence-corrected chi connectivity index (χ2v) is 6.37. The number of aryl methyl sites for hydroxylation is 2. The fourth-order valence-corrected chi connectivity index (χ4v) is 3.17. The molecule has 0 saturated heterocycles. The quantitative estimate of drug-likeness (QED) is 0.805. The van der Waals surface area contributed by atoms with E-state index in [0.717, 1.165) is 28.5 Å². The molecule has 4 nitrogen and oxygen atoms in total. The lowest BCUT2D eigenvalue weighted by Gasteiger charge is -2.06. The number of hydrogen-bond acceptors (Lipinski definition) is 4. The molecule has 0 bridgehead atoms. The molecule has 1 unspecified atom stereocenters. The molecule has 2 aromatic heterocycles. The van der Waals surface area contributed by atoms with Crippen molar-refractivity contribution in [2.75, 3.05) is 0 Å². The minimum absolute atomic E-state index is 0.125. The smallest absolute Gasteiger partial charge is 0.0950 e. The van der Waals surface area contributed by atoms with Gasteiger partial charge in [-0.05, 0) is 32.0 Å². The first-order valence-electron chi connectivity index (χ1n) is 6.93. The third-order valence-corrected chi connectivity index (χ3v) is 4.57. The Morgan fingerprint density at radius 3 is 2.62 bits per heavy atom. The molecule has 5 heteroatoms. The first-order chi connectivity index (χ1) is 10.1. The summed E-state index contributed by atoms with van der Waals surface area (Å²) in [7, 11) is 0. The number of nitrogens with zero attached hydrogens (tertiary/aromatic N) is 3. The summed E-state index contributed by atoms with van der Waals surface area (Å²) in [5.41, 5.74) is 9.29. The fraction of sp³-hybridized carbons (Fsp3) is 0.250. The van der Waals surface area contributed by atoms with Gasteiger partial charge < -0.3 is 5.73 Å². The number of para-hydroxylation sites is 1. The van der Waals surface area contributed by atoms with Crippen molar-refractivity contribution in [3.63, 3.8) is 0 Å². The Kier molecular flexibility index (Phi) is 3.86. The molecule has 1 atom stereocenters. The zero-order valence-corrected chi connectivity index (χ0v) is 13.0. The molecule has 0 spiro atoms. The summed E-state index contributed by atoms with van der Waals surface area (Å²) in [6.45, 7) is 4.12. The van der Waals surface area contributed by atoms with Gasteiger partial charge in [0.05, 0.1) is 28.1 Å². The van der Waals surface area contributed by atoms with Crippen LogP contribution in [0.5, 0.6) is 0 Å². The summed E-state index contributed by atoms with van der Waals surface area (Å²) in [6, 6.07) is 11.9. The molecule has 2 heterocycles. The van der Waals surface area contributed by atoms with Crippen LogP contribution in [-0.4, -0.2) is 14.8 Å². The van der Waals surface area contributed by atoms with E-state index in [9.17, 15) is 0 Å². The molecule has 3 rings (SSSR count). The number of benzene rings is 1. The average molecular weight is 298 g/mol. The van der Waals surface area contributed by atoms with Crippen LogP contribution in [0.15, 0.2) is 42.6 Å². The van der Waals surface area contributed by atoms with Gasteiger partial charge in [0.1, 0.15) is 0 Å². The SMILES string of the molecule is Cc1nc(CC(N)c2ccn(-c3ccccc3)n2)sc1C. The number of hydrogen-bond donors (Lipinski definition) is 1. The van der Waals surface area contributed by atoms with Crippen molar-refractivity contribution < 1.29 is 0 Å². The summed E-state index contributed by atoms with van der Waals surface area (Å²) >= 11 is 1.71. The van der Waals surface area contributed by atoms with Crippen molar-refractivity contribution in [2.45, 2.75) is 26.3 Å². The predicted octanol–water partition coefficient (Wildman–Crippen LogP) is 3.19. The van der Waals surface area contributed by atoms with Gasteiger partial charge in [0.15, 0.2) is 0 Å². The van der Waals surface area contributed by atoms with Gasteiger partial charge in [-0.3, -0.25) is 0 Å². The molecule has 0 radical (unpaired) electrons. The lowest BCUT2D eigenvalue weighted by molar-refractivity contribution is 0.674. The normalized spacial score (nSPS) is 12.5. The van der Waals surface area contributed by atoms with Crippen LogP contribution >= 0.6 is 11.3 Å². The summed E-state index contributed by atoms with van der Waals surface area (Å²) in [6.07, 6.45) is 2.67. The van der Waals surface area contributed by atoms with E-state index in [2.05, 4.69) is 17.0 Å². The minimum atomic E-state index is -0.125. The van der Waals surface area contributed by atoms with Crippen molar-refractivity contribution in [1.29, 1.82) is 0 Å². The first-order valence-corrected chi connectivity index (χ1v) is 7.74. The van der Waals surface area contributed by atoms with Crippen molar-refractivity contribution in [1.82, 2.24) is 14.8 Å². The number of rotatable bonds is 4. The minimum Gasteiger partial charge on any atom is -0.322 e. The van der Waals surface area contributed by atoms with Crippen LogP contribution in [0.1, 0.15) is 27.3 Å². The molecule has 0 fully saturated rings. The zero-order valence-electron chi connectivity index (χ0n) is 12.2. The molecule has 0 aliphatic carbocycles. The van der Waals surface area contributed by atoms with Crippen molar-refractivity contribution in [3.8, 4) is 5.69 Å². The number of aromatic nitrogens is 3. The molecule has 0 aliphatic heterocycles. The van der Waals surface area contributed by atoms with Gasteiger partial charge >= 0.3 is 0 Å². The van der Waals surface area contributed by atoms with Gasteiger partial charge in [-0.1, -0.05) is 18.2 Å². The van der Waals surface area contributed by atoms with E-state index in [4.69, 9.17) is 5.73 Å². The molecular weight excluding hydrogens is 280 g/mol. The van der Waals surface area contributed by atoms with Crippen LogP contribution in [0.3, 0.4) is 0 Å². The van der Waals surface area contributed by atoms with Gasteiger partial charge in [0, 0.05) is 17.5 Å². The standard InChI is InChI=1S/C16H18N4S/c1-11-12(2)21-16(18-11)10-14(17)15-8-9-20(19-15)13-6-4-3-5-7-13/h3-9,14H,10,17H2,1-2H3. The highest BCUT2D eigenvalue weighted by atomic mass is 32.1. The summed E-state index contributed by atoms with van der Waals surface area (Å²) in [5.74, 6) is 0. The van der Waals surface area contributed by atoms with Gasteiger partial charge in [-0.2, -0.15) is 5.10 Å². The molecule has 0 amide bonds. The Bertz CT molecular complexity index is 710. The topological polar surface area (TPSA) is 56.7 Å². The van der Waals surface area contributed by atoms with E-state index in [1.165, 1.54) is 4.88 Å². The highest BCUT2D eigenvalue weighted by Crippen LogP contribution is 2.22. The van der Waals surface area contributed by atoms with Crippen LogP contribution in [-0.2, 0) is 6.42 Å². The van der Waals surface area contributed by atoms with Crippen LogP contribution in [0.2, 0.25) is 0 Å². The third-order valence-electron chi connectivity index (χ3n) is 3.48. The van der Waals surface area contributed by atoms with Gasteiger partial charge in [0.2, 0.25) is 0 Å². The van der Waals surface area contributed by atoms with E-state index < -0.39 is 0 Å².